The highest BCUT2D eigenvalue weighted by Crippen LogP contribution is 2.29. The third-order valence-electron chi connectivity index (χ3n) is 5.78. The molecule has 3 aliphatic rings. The summed E-state index contributed by atoms with van der Waals surface area (Å²) in [5, 5.41) is 3.17. The van der Waals surface area contributed by atoms with E-state index in [-0.39, 0.29) is 24.1 Å². The molecule has 3 rings (SSSR count). The van der Waals surface area contributed by atoms with E-state index in [9.17, 15) is 9.59 Å². The largest absolute Gasteiger partial charge is 0.459 e. The zero-order valence-corrected chi connectivity index (χ0v) is 16.1. The summed E-state index contributed by atoms with van der Waals surface area (Å²) in [7, 11) is 0. The normalized spacial score (nSPS) is 22.8. The number of carbonyl (C=O) groups excluding carboxylic acids is 2. The Morgan fingerprint density at radius 2 is 1.12 bits per heavy atom. The van der Waals surface area contributed by atoms with Crippen LogP contribution in [0.25, 0.3) is 0 Å². The van der Waals surface area contributed by atoms with Crippen LogP contribution in [0, 0.1) is 0 Å². The zero-order valence-electron chi connectivity index (χ0n) is 16.1. The number of carbonyl (C=O) groups is 2. The number of nitrogens with one attached hydrogen (secondary N) is 1. The molecule has 144 valence electrons. The van der Waals surface area contributed by atoms with E-state index >= 15 is 0 Å². The van der Waals surface area contributed by atoms with E-state index in [0.717, 1.165) is 62.8 Å². The van der Waals surface area contributed by atoms with Gasteiger partial charge in [-0.25, -0.2) is 9.59 Å². The highest BCUT2D eigenvalue weighted by atomic mass is 16.5. The minimum Gasteiger partial charge on any atom is -0.459 e. The SMILES string of the molecule is CC1=C(C(=O)OC2CCCCC2)CC(C(=O)OC2CCCCC2)=C(C)N1. The third-order valence-corrected chi connectivity index (χ3v) is 5.78. The van der Waals surface area contributed by atoms with Crippen molar-refractivity contribution in [2.45, 2.75) is 96.7 Å². The summed E-state index contributed by atoms with van der Waals surface area (Å²) >= 11 is 0. The van der Waals surface area contributed by atoms with Gasteiger partial charge in [0.05, 0.1) is 11.1 Å². The lowest BCUT2D eigenvalue weighted by molar-refractivity contribution is -0.146. The molecule has 5 heteroatoms. The van der Waals surface area contributed by atoms with Gasteiger partial charge in [0.1, 0.15) is 12.2 Å². The second-order valence-corrected chi connectivity index (χ2v) is 7.84. The Kier molecular flexibility index (Phi) is 6.38. The summed E-state index contributed by atoms with van der Waals surface area (Å²) in [4.78, 5) is 25.3. The van der Waals surface area contributed by atoms with Crippen molar-refractivity contribution in [1.82, 2.24) is 5.32 Å². The van der Waals surface area contributed by atoms with Crippen molar-refractivity contribution < 1.29 is 19.1 Å². The molecule has 0 saturated heterocycles. The maximum atomic E-state index is 12.6. The van der Waals surface area contributed by atoms with Gasteiger partial charge in [-0.3, -0.25) is 0 Å². The molecule has 5 nitrogen and oxygen atoms in total. The molecular weight excluding hydrogens is 330 g/mol. The van der Waals surface area contributed by atoms with Gasteiger partial charge in [0, 0.05) is 17.8 Å². The van der Waals surface area contributed by atoms with Gasteiger partial charge in [-0.2, -0.15) is 0 Å². The van der Waals surface area contributed by atoms with Crippen LogP contribution in [0.1, 0.15) is 84.5 Å². The minimum atomic E-state index is -0.294. The van der Waals surface area contributed by atoms with Crippen molar-refractivity contribution in [1.29, 1.82) is 0 Å². The van der Waals surface area contributed by atoms with E-state index in [4.69, 9.17) is 9.47 Å². The van der Waals surface area contributed by atoms with Crippen molar-refractivity contribution in [3.8, 4) is 0 Å². The molecule has 2 saturated carbocycles. The maximum absolute atomic E-state index is 12.6. The smallest absolute Gasteiger partial charge is 0.336 e. The molecule has 0 bridgehead atoms. The van der Waals surface area contributed by atoms with Gasteiger partial charge in [-0.05, 0) is 65.2 Å². The molecule has 0 aromatic heterocycles. The first-order chi connectivity index (χ1) is 12.5. The van der Waals surface area contributed by atoms with E-state index in [1.807, 2.05) is 13.8 Å². The summed E-state index contributed by atoms with van der Waals surface area (Å²) in [5.41, 5.74) is 2.66. The van der Waals surface area contributed by atoms with Crippen LogP contribution in [0.3, 0.4) is 0 Å². The Labute approximate surface area is 156 Å². The average molecular weight is 361 g/mol. The Morgan fingerprint density at radius 3 is 1.50 bits per heavy atom. The van der Waals surface area contributed by atoms with Crippen molar-refractivity contribution in [3.63, 3.8) is 0 Å². The van der Waals surface area contributed by atoms with Crippen LogP contribution in [0.5, 0.6) is 0 Å². The number of ether oxygens (including phenoxy) is 2. The second-order valence-electron chi connectivity index (χ2n) is 7.84. The molecule has 2 aliphatic carbocycles. The molecule has 0 unspecified atom stereocenters. The number of allylic oxidation sites excluding steroid dienone is 2. The standard InChI is InChI=1S/C21H31NO4/c1-14-18(20(23)25-16-9-5-3-6-10-16)13-19(15(2)22-14)21(24)26-17-11-7-4-8-12-17/h16-17,22H,3-13H2,1-2H3. The van der Waals surface area contributed by atoms with Crippen LogP contribution in [0.4, 0.5) is 0 Å². The molecule has 2 fully saturated rings. The highest BCUT2D eigenvalue weighted by Gasteiger charge is 2.30. The van der Waals surface area contributed by atoms with Crippen molar-refractivity contribution in [2.75, 3.05) is 0 Å². The second kappa shape index (κ2) is 8.74. The summed E-state index contributed by atoms with van der Waals surface area (Å²) < 4.78 is 11.4. The van der Waals surface area contributed by atoms with Crippen LogP contribution in [0.2, 0.25) is 0 Å². The molecule has 1 N–H and O–H groups in total. The Bertz CT molecular complexity index is 556. The summed E-state index contributed by atoms with van der Waals surface area (Å²) in [6.07, 6.45) is 11.0. The summed E-state index contributed by atoms with van der Waals surface area (Å²) in [6.45, 7) is 3.73. The van der Waals surface area contributed by atoms with Gasteiger partial charge in [0.25, 0.3) is 0 Å². The van der Waals surface area contributed by atoms with E-state index in [1.54, 1.807) is 0 Å². The molecule has 0 spiro atoms. The van der Waals surface area contributed by atoms with Crippen LogP contribution < -0.4 is 5.32 Å². The van der Waals surface area contributed by atoms with Gasteiger partial charge < -0.3 is 14.8 Å². The van der Waals surface area contributed by atoms with Gasteiger partial charge in [-0.1, -0.05) is 12.8 Å². The maximum Gasteiger partial charge on any atom is 0.336 e. The van der Waals surface area contributed by atoms with Crippen molar-refractivity contribution in [3.05, 3.63) is 22.5 Å². The van der Waals surface area contributed by atoms with E-state index in [1.165, 1.54) is 12.8 Å². The van der Waals surface area contributed by atoms with E-state index in [0.29, 0.717) is 17.6 Å². The first kappa shape index (κ1) is 19.0. The fourth-order valence-electron chi connectivity index (χ4n) is 4.14. The summed E-state index contributed by atoms with van der Waals surface area (Å²) in [5.74, 6) is -0.588. The van der Waals surface area contributed by atoms with E-state index < -0.39 is 0 Å². The lowest BCUT2D eigenvalue weighted by atomic mass is 9.95. The first-order valence-corrected chi connectivity index (χ1v) is 10.1. The predicted octanol–water partition coefficient (Wildman–Crippen LogP) is 4.28. The van der Waals surface area contributed by atoms with Crippen LogP contribution in [-0.2, 0) is 19.1 Å². The van der Waals surface area contributed by atoms with Gasteiger partial charge in [0.2, 0.25) is 0 Å². The molecule has 0 atom stereocenters. The topological polar surface area (TPSA) is 64.6 Å². The summed E-state index contributed by atoms with van der Waals surface area (Å²) in [6, 6.07) is 0. The Hall–Kier alpha value is -1.78. The molecule has 1 heterocycles. The zero-order chi connectivity index (χ0) is 18.5. The minimum absolute atomic E-state index is 0.0150. The van der Waals surface area contributed by atoms with Crippen molar-refractivity contribution >= 4 is 11.9 Å². The number of rotatable bonds is 4. The quantitative estimate of drug-likeness (QED) is 0.757. The fraction of sp³-hybridized carbons (Fsp3) is 0.714. The lowest BCUT2D eigenvalue weighted by Crippen LogP contribution is -2.30. The van der Waals surface area contributed by atoms with Crippen molar-refractivity contribution in [2.24, 2.45) is 0 Å². The predicted molar refractivity (Wildman–Crippen MR) is 99.1 cm³/mol. The highest BCUT2D eigenvalue weighted by molar-refractivity contribution is 5.96. The Balaban J connectivity index is 1.62. The van der Waals surface area contributed by atoms with Gasteiger partial charge >= 0.3 is 11.9 Å². The molecule has 0 radical (unpaired) electrons. The lowest BCUT2D eigenvalue weighted by Gasteiger charge is -2.27. The molecule has 1 aliphatic heterocycles. The van der Waals surface area contributed by atoms with E-state index in [2.05, 4.69) is 5.32 Å². The van der Waals surface area contributed by atoms with Crippen LogP contribution in [0.15, 0.2) is 22.5 Å². The van der Waals surface area contributed by atoms with Gasteiger partial charge in [0.15, 0.2) is 0 Å². The monoisotopic (exact) mass is 361 g/mol. The van der Waals surface area contributed by atoms with Crippen LogP contribution in [-0.4, -0.2) is 24.1 Å². The third kappa shape index (κ3) is 4.68. The van der Waals surface area contributed by atoms with Crippen LogP contribution >= 0.6 is 0 Å². The number of hydrogen-bond donors (Lipinski definition) is 1. The molecule has 26 heavy (non-hydrogen) atoms. The fourth-order valence-corrected chi connectivity index (χ4v) is 4.14. The number of hydrogen-bond acceptors (Lipinski definition) is 5. The molecule has 0 aromatic rings. The molecule has 0 amide bonds. The number of esters is 2. The average Bonchev–Trinajstić information content (AvgIpc) is 2.63. The Morgan fingerprint density at radius 1 is 0.731 bits per heavy atom. The first-order valence-electron chi connectivity index (χ1n) is 10.1. The van der Waals surface area contributed by atoms with Gasteiger partial charge in [-0.15, -0.1) is 0 Å². The molecule has 0 aromatic carbocycles. The number of dihydropyridines is 1. The molecular formula is C21H31NO4.